The van der Waals surface area contributed by atoms with Crippen LogP contribution in [0.2, 0.25) is 0 Å². The number of carbonyl (C=O) groups is 1. The van der Waals surface area contributed by atoms with E-state index in [4.69, 9.17) is 0 Å². The standard InChI is InChI=1S/C23H29FN6O.HI/c1-2-25-23(28-19-10-13-30(16-19)22-20(24)8-5-11-26-22)27-14-21(31)29-12-9-17-6-3-4-7-18(17)15-29;/h3-8,11,19H,2,9-10,12-16H2,1H3,(H2,25,27,28);1H. The van der Waals surface area contributed by atoms with Gasteiger partial charge in [-0.25, -0.2) is 14.4 Å². The summed E-state index contributed by atoms with van der Waals surface area (Å²) in [5, 5.41) is 6.60. The van der Waals surface area contributed by atoms with E-state index in [1.54, 1.807) is 12.3 Å². The lowest BCUT2D eigenvalue weighted by molar-refractivity contribution is -0.130. The zero-order valence-electron chi connectivity index (χ0n) is 18.3. The summed E-state index contributed by atoms with van der Waals surface area (Å²) in [6.07, 6.45) is 3.33. The molecule has 1 fully saturated rings. The molecular formula is C23H30FIN6O. The number of aromatic nitrogens is 1. The minimum absolute atomic E-state index is 0. The molecule has 4 rings (SSSR count). The van der Waals surface area contributed by atoms with E-state index in [1.165, 1.54) is 17.2 Å². The van der Waals surface area contributed by atoms with Crippen molar-refractivity contribution in [3.8, 4) is 0 Å². The topological polar surface area (TPSA) is 72.9 Å². The summed E-state index contributed by atoms with van der Waals surface area (Å²) >= 11 is 0. The van der Waals surface area contributed by atoms with Crippen LogP contribution in [0.25, 0.3) is 0 Å². The van der Waals surface area contributed by atoms with Crippen LogP contribution >= 0.6 is 24.0 Å². The molecule has 32 heavy (non-hydrogen) atoms. The largest absolute Gasteiger partial charge is 0.357 e. The fourth-order valence-electron chi connectivity index (χ4n) is 4.15. The highest BCUT2D eigenvalue weighted by molar-refractivity contribution is 14.0. The molecule has 0 aliphatic carbocycles. The van der Waals surface area contributed by atoms with E-state index in [-0.39, 0.29) is 48.3 Å². The number of pyridine rings is 1. The van der Waals surface area contributed by atoms with Crippen LogP contribution in [0.15, 0.2) is 47.6 Å². The first-order valence-electron chi connectivity index (χ1n) is 10.9. The van der Waals surface area contributed by atoms with Crippen molar-refractivity contribution in [2.24, 2.45) is 4.99 Å². The molecular weight excluding hydrogens is 522 g/mol. The molecule has 2 aliphatic heterocycles. The Hall–Kier alpha value is -2.43. The second-order valence-electron chi connectivity index (χ2n) is 7.91. The van der Waals surface area contributed by atoms with Crippen LogP contribution in [0.4, 0.5) is 10.2 Å². The fraction of sp³-hybridized carbons (Fsp3) is 0.435. The van der Waals surface area contributed by atoms with Gasteiger partial charge in [0.2, 0.25) is 5.91 Å². The number of nitrogens with one attached hydrogen (secondary N) is 2. The SMILES string of the molecule is CCNC(=NCC(=O)N1CCc2ccccc2C1)NC1CCN(c2ncccc2F)C1.I. The van der Waals surface area contributed by atoms with Crippen LogP contribution in [-0.2, 0) is 17.8 Å². The van der Waals surface area contributed by atoms with Gasteiger partial charge in [0.15, 0.2) is 17.6 Å². The summed E-state index contributed by atoms with van der Waals surface area (Å²) in [4.78, 5) is 25.2. The van der Waals surface area contributed by atoms with Crippen LogP contribution in [0.5, 0.6) is 0 Å². The van der Waals surface area contributed by atoms with Crippen molar-refractivity contribution >= 4 is 41.7 Å². The smallest absolute Gasteiger partial charge is 0.244 e. The first-order valence-corrected chi connectivity index (χ1v) is 10.9. The van der Waals surface area contributed by atoms with E-state index in [2.05, 4.69) is 32.7 Å². The summed E-state index contributed by atoms with van der Waals surface area (Å²) in [6, 6.07) is 11.4. The van der Waals surface area contributed by atoms with Crippen molar-refractivity contribution in [3.05, 3.63) is 59.5 Å². The van der Waals surface area contributed by atoms with Gasteiger partial charge in [-0.3, -0.25) is 4.79 Å². The van der Waals surface area contributed by atoms with E-state index in [1.807, 2.05) is 28.9 Å². The Bertz CT molecular complexity index is 956. The first-order chi connectivity index (χ1) is 15.1. The number of hydrogen-bond donors (Lipinski definition) is 2. The zero-order chi connectivity index (χ0) is 21.6. The van der Waals surface area contributed by atoms with E-state index >= 15 is 0 Å². The number of benzene rings is 1. The minimum atomic E-state index is -0.308. The van der Waals surface area contributed by atoms with Crippen molar-refractivity contribution in [1.82, 2.24) is 20.5 Å². The van der Waals surface area contributed by atoms with E-state index in [0.29, 0.717) is 31.4 Å². The predicted molar refractivity (Wildman–Crippen MR) is 135 cm³/mol. The first kappa shape index (κ1) is 24.2. The molecule has 3 heterocycles. The third-order valence-electron chi connectivity index (χ3n) is 5.77. The number of anilines is 1. The van der Waals surface area contributed by atoms with Gasteiger partial charge in [0, 0.05) is 45.0 Å². The average Bonchev–Trinajstić information content (AvgIpc) is 3.25. The van der Waals surface area contributed by atoms with E-state index in [0.717, 1.165) is 25.9 Å². The quantitative estimate of drug-likeness (QED) is 0.339. The number of nitrogens with zero attached hydrogens (tertiary/aromatic N) is 4. The highest BCUT2D eigenvalue weighted by atomic mass is 127. The molecule has 9 heteroatoms. The number of aliphatic imine (C=N–C) groups is 1. The highest BCUT2D eigenvalue weighted by Gasteiger charge is 2.26. The molecule has 1 aromatic carbocycles. The minimum Gasteiger partial charge on any atom is -0.357 e. The van der Waals surface area contributed by atoms with Crippen molar-refractivity contribution in [3.63, 3.8) is 0 Å². The molecule has 7 nitrogen and oxygen atoms in total. The van der Waals surface area contributed by atoms with Crippen LogP contribution < -0.4 is 15.5 Å². The number of hydrogen-bond acceptors (Lipinski definition) is 4. The lowest BCUT2D eigenvalue weighted by Gasteiger charge is -2.28. The molecule has 2 aromatic rings. The van der Waals surface area contributed by atoms with Crippen LogP contribution in [0, 0.1) is 5.82 Å². The maximum Gasteiger partial charge on any atom is 0.244 e. The van der Waals surface area contributed by atoms with Gasteiger partial charge >= 0.3 is 0 Å². The highest BCUT2D eigenvalue weighted by Crippen LogP contribution is 2.21. The van der Waals surface area contributed by atoms with Gasteiger partial charge in [-0.2, -0.15) is 0 Å². The fourth-order valence-corrected chi connectivity index (χ4v) is 4.15. The maximum atomic E-state index is 14.0. The van der Waals surface area contributed by atoms with Crippen molar-refractivity contribution in [1.29, 1.82) is 0 Å². The van der Waals surface area contributed by atoms with Crippen LogP contribution in [0.3, 0.4) is 0 Å². The van der Waals surface area contributed by atoms with Gasteiger partial charge < -0.3 is 20.4 Å². The number of fused-ring (bicyclic) bond motifs is 1. The van der Waals surface area contributed by atoms with Gasteiger partial charge in [0.1, 0.15) is 6.54 Å². The monoisotopic (exact) mass is 552 g/mol. The molecule has 172 valence electrons. The Kier molecular flexibility index (Phi) is 8.66. The van der Waals surface area contributed by atoms with Crippen molar-refractivity contribution in [2.75, 3.05) is 37.6 Å². The average molecular weight is 552 g/mol. The molecule has 2 N–H and O–H groups in total. The second kappa shape index (κ2) is 11.4. The van der Waals surface area contributed by atoms with Gasteiger partial charge in [-0.05, 0) is 43.0 Å². The Labute approximate surface area is 205 Å². The molecule has 0 spiro atoms. The van der Waals surface area contributed by atoms with Gasteiger partial charge in [-0.1, -0.05) is 24.3 Å². The Morgan fingerprint density at radius 2 is 2.03 bits per heavy atom. The predicted octanol–water partition coefficient (Wildman–Crippen LogP) is 2.56. The summed E-state index contributed by atoms with van der Waals surface area (Å²) in [6.45, 7) is 5.51. The number of guanidine groups is 1. The molecule has 0 bridgehead atoms. The molecule has 1 amide bonds. The molecule has 1 aromatic heterocycles. The summed E-state index contributed by atoms with van der Waals surface area (Å²) in [5.41, 5.74) is 2.53. The summed E-state index contributed by atoms with van der Waals surface area (Å²) < 4.78 is 14.0. The van der Waals surface area contributed by atoms with E-state index < -0.39 is 0 Å². The molecule has 1 atom stereocenters. The lowest BCUT2D eigenvalue weighted by atomic mass is 10.00. The van der Waals surface area contributed by atoms with Crippen molar-refractivity contribution in [2.45, 2.75) is 32.4 Å². The molecule has 0 radical (unpaired) electrons. The van der Waals surface area contributed by atoms with Gasteiger partial charge in [0.05, 0.1) is 0 Å². The normalized spacial score (nSPS) is 18.1. The second-order valence-corrected chi connectivity index (χ2v) is 7.91. The Balaban J connectivity index is 0.00000289. The van der Waals surface area contributed by atoms with Gasteiger partial charge in [0.25, 0.3) is 0 Å². The lowest BCUT2D eigenvalue weighted by Crippen LogP contribution is -2.45. The Morgan fingerprint density at radius 3 is 2.81 bits per heavy atom. The molecule has 0 saturated carbocycles. The number of rotatable bonds is 5. The molecule has 2 aliphatic rings. The Morgan fingerprint density at radius 1 is 1.22 bits per heavy atom. The molecule has 1 saturated heterocycles. The van der Waals surface area contributed by atoms with E-state index in [9.17, 15) is 9.18 Å². The molecule has 1 unspecified atom stereocenters. The maximum absolute atomic E-state index is 14.0. The zero-order valence-corrected chi connectivity index (χ0v) is 20.6. The number of carbonyl (C=O) groups excluding carboxylic acids is 1. The van der Waals surface area contributed by atoms with Crippen LogP contribution in [-0.4, -0.2) is 60.5 Å². The third kappa shape index (κ3) is 5.87. The third-order valence-corrected chi connectivity index (χ3v) is 5.77. The number of amides is 1. The summed E-state index contributed by atoms with van der Waals surface area (Å²) in [7, 11) is 0. The van der Waals surface area contributed by atoms with Gasteiger partial charge in [-0.15, -0.1) is 24.0 Å². The van der Waals surface area contributed by atoms with Crippen molar-refractivity contribution < 1.29 is 9.18 Å². The van der Waals surface area contributed by atoms with Crippen LogP contribution in [0.1, 0.15) is 24.5 Å². The summed E-state index contributed by atoms with van der Waals surface area (Å²) in [5.74, 6) is 0.712. The number of halogens is 2.